The molecule has 12 heteroatoms. The maximum Gasteiger partial charge on any atom is 0.410 e. The van der Waals surface area contributed by atoms with Gasteiger partial charge in [-0.1, -0.05) is 17.7 Å². The molecule has 1 aromatic carbocycles. The minimum atomic E-state index is -0.558. The molecule has 37 heavy (non-hydrogen) atoms. The van der Waals surface area contributed by atoms with Crippen LogP contribution in [0.15, 0.2) is 34.8 Å². The van der Waals surface area contributed by atoms with E-state index in [1.165, 1.54) is 17.7 Å². The summed E-state index contributed by atoms with van der Waals surface area (Å²) < 4.78 is 7.29. The Kier molecular flexibility index (Phi) is 7.00. The molecule has 3 aromatic heterocycles. The van der Waals surface area contributed by atoms with Crippen molar-refractivity contribution in [2.45, 2.75) is 51.7 Å². The number of aromatic nitrogens is 5. The molecule has 5 rings (SSSR count). The number of likely N-dealkylation sites (tertiary alicyclic amines) is 1. The summed E-state index contributed by atoms with van der Waals surface area (Å²) in [7, 11) is 0. The van der Waals surface area contributed by atoms with Crippen LogP contribution in [-0.2, 0) is 11.2 Å². The number of benzene rings is 1. The van der Waals surface area contributed by atoms with Gasteiger partial charge in [0.05, 0.1) is 21.4 Å². The first kappa shape index (κ1) is 25.3. The number of thiazole rings is 1. The van der Waals surface area contributed by atoms with Crippen molar-refractivity contribution in [1.82, 2.24) is 29.4 Å². The van der Waals surface area contributed by atoms with Crippen molar-refractivity contribution < 1.29 is 9.53 Å². The number of rotatable bonds is 5. The number of carbonyl (C=O) groups excluding carboxylic acids is 1. The molecule has 0 unspecified atom stereocenters. The second-order valence-electron chi connectivity index (χ2n) is 9.94. The van der Waals surface area contributed by atoms with Gasteiger partial charge in [0.1, 0.15) is 28.1 Å². The van der Waals surface area contributed by atoms with E-state index in [4.69, 9.17) is 21.3 Å². The Balaban J connectivity index is 1.40. The number of piperidine rings is 1. The Labute approximate surface area is 222 Å². The third kappa shape index (κ3) is 5.37. The molecule has 1 amide bonds. The number of anilines is 1. The average molecular weight is 542 g/mol. The van der Waals surface area contributed by atoms with E-state index in [1.807, 2.05) is 20.8 Å². The van der Waals surface area contributed by atoms with Gasteiger partial charge in [-0.3, -0.25) is 9.36 Å². The van der Waals surface area contributed by atoms with Gasteiger partial charge in [-0.25, -0.2) is 24.7 Å². The standard InChI is InChI=1S/C25H28ClN7O3S/c1-25(2,3)36-24(35)32-11-8-15(9-12-32)33-18(31-17-6-4-5-16(26)19(17)23(33)34)7-10-27-21-20-22(29-13-28-21)37-14-30-20/h4-6,13-15H,7-12H2,1-3H3,(H,27,28,29). The molecule has 1 fully saturated rings. The SMILES string of the molecule is CC(C)(C)OC(=O)N1CCC(n2c(CCNc3ncnc4scnc34)nc3cccc(Cl)c3c2=O)CC1. The van der Waals surface area contributed by atoms with E-state index in [-0.39, 0.29) is 17.7 Å². The Morgan fingerprint density at radius 2 is 2.00 bits per heavy atom. The first-order chi connectivity index (χ1) is 17.7. The normalized spacial score (nSPS) is 14.9. The van der Waals surface area contributed by atoms with Crippen LogP contribution in [-0.4, -0.2) is 60.7 Å². The number of fused-ring (bicyclic) bond motifs is 2. The van der Waals surface area contributed by atoms with Crippen molar-refractivity contribution in [1.29, 1.82) is 0 Å². The molecule has 4 heterocycles. The maximum atomic E-state index is 13.7. The molecule has 1 saturated heterocycles. The van der Waals surface area contributed by atoms with E-state index >= 15 is 0 Å². The van der Waals surface area contributed by atoms with Crippen LogP contribution >= 0.6 is 22.9 Å². The summed E-state index contributed by atoms with van der Waals surface area (Å²) in [5.41, 5.74) is 2.31. The number of carbonyl (C=O) groups is 1. The van der Waals surface area contributed by atoms with Crippen LogP contribution in [0.2, 0.25) is 5.02 Å². The third-order valence-corrected chi connectivity index (χ3v) is 7.26. The Morgan fingerprint density at radius 3 is 2.76 bits per heavy atom. The summed E-state index contributed by atoms with van der Waals surface area (Å²) in [5, 5.41) is 4.11. The van der Waals surface area contributed by atoms with Crippen LogP contribution in [0, 0.1) is 0 Å². The molecule has 1 aliphatic heterocycles. The molecule has 1 N–H and O–H groups in total. The fraction of sp³-hybridized carbons (Fsp3) is 0.440. The summed E-state index contributed by atoms with van der Waals surface area (Å²) in [6.45, 7) is 7.04. The van der Waals surface area contributed by atoms with Crippen LogP contribution in [0.3, 0.4) is 0 Å². The molecule has 0 saturated carbocycles. The number of hydrogen-bond donors (Lipinski definition) is 1. The van der Waals surface area contributed by atoms with Crippen molar-refractivity contribution in [3.8, 4) is 0 Å². The van der Waals surface area contributed by atoms with Crippen LogP contribution < -0.4 is 10.9 Å². The van der Waals surface area contributed by atoms with Gasteiger partial charge >= 0.3 is 6.09 Å². The summed E-state index contributed by atoms with van der Waals surface area (Å²) >= 11 is 7.88. The van der Waals surface area contributed by atoms with Gasteiger partial charge in [-0.15, -0.1) is 11.3 Å². The number of nitrogens with zero attached hydrogens (tertiary/aromatic N) is 6. The zero-order valence-electron chi connectivity index (χ0n) is 20.9. The topological polar surface area (TPSA) is 115 Å². The van der Waals surface area contributed by atoms with E-state index in [0.717, 1.165) is 10.3 Å². The summed E-state index contributed by atoms with van der Waals surface area (Å²) in [6, 6.07) is 5.19. The lowest BCUT2D eigenvalue weighted by Crippen LogP contribution is -2.44. The lowest BCUT2D eigenvalue weighted by atomic mass is 10.0. The molecule has 0 spiro atoms. The summed E-state index contributed by atoms with van der Waals surface area (Å²) in [4.78, 5) is 46.5. The van der Waals surface area contributed by atoms with Gasteiger partial charge in [0.2, 0.25) is 0 Å². The second kappa shape index (κ2) is 10.2. The highest BCUT2D eigenvalue weighted by molar-refractivity contribution is 7.16. The first-order valence-electron chi connectivity index (χ1n) is 12.2. The van der Waals surface area contributed by atoms with Gasteiger partial charge in [0.15, 0.2) is 5.82 Å². The van der Waals surface area contributed by atoms with Crippen molar-refractivity contribution in [2.75, 3.05) is 25.0 Å². The third-order valence-electron chi connectivity index (χ3n) is 6.21. The smallest absolute Gasteiger partial charge is 0.410 e. The molecule has 0 bridgehead atoms. The zero-order valence-corrected chi connectivity index (χ0v) is 22.5. The second-order valence-corrected chi connectivity index (χ2v) is 11.2. The fourth-order valence-electron chi connectivity index (χ4n) is 4.55. The molecule has 194 valence electrons. The molecular weight excluding hydrogens is 514 g/mol. The highest BCUT2D eigenvalue weighted by atomic mass is 35.5. The van der Waals surface area contributed by atoms with Crippen LogP contribution in [0.4, 0.5) is 10.6 Å². The van der Waals surface area contributed by atoms with Gasteiger partial charge < -0.3 is 15.0 Å². The van der Waals surface area contributed by atoms with Crippen molar-refractivity contribution in [2.24, 2.45) is 0 Å². The monoisotopic (exact) mass is 541 g/mol. The highest BCUT2D eigenvalue weighted by Crippen LogP contribution is 2.27. The number of nitrogens with one attached hydrogen (secondary N) is 1. The molecule has 0 atom stereocenters. The van der Waals surface area contributed by atoms with E-state index in [2.05, 4.69) is 20.3 Å². The lowest BCUT2D eigenvalue weighted by Gasteiger charge is -2.34. The van der Waals surface area contributed by atoms with Gasteiger partial charge in [-0.2, -0.15) is 0 Å². The lowest BCUT2D eigenvalue weighted by molar-refractivity contribution is 0.0186. The number of amides is 1. The van der Waals surface area contributed by atoms with Gasteiger partial charge in [0.25, 0.3) is 5.56 Å². The van der Waals surface area contributed by atoms with Crippen LogP contribution in [0.5, 0.6) is 0 Å². The summed E-state index contributed by atoms with van der Waals surface area (Å²) in [5.74, 6) is 1.31. The molecule has 1 aliphatic rings. The molecule has 0 aliphatic carbocycles. The zero-order chi connectivity index (χ0) is 26.2. The Bertz CT molecular complexity index is 1510. The van der Waals surface area contributed by atoms with E-state index in [9.17, 15) is 9.59 Å². The van der Waals surface area contributed by atoms with Crippen LogP contribution in [0.1, 0.15) is 45.5 Å². The largest absolute Gasteiger partial charge is 0.444 e. The highest BCUT2D eigenvalue weighted by Gasteiger charge is 2.29. The van der Waals surface area contributed by atoms with E-state index < -0.39 is 5.60 Å². The maximum absolute atomic E-state index is 13.7. The molecule has 4 aromatic rings. The minimum Gasteiger partial charge on any atom is -0.444 e. The van der Waals surface area contributed by atoms with Crippen molar-refractivity contribution in [3.05, 3.63) is 51.2 Å². The Morgan fingerprint density at radius 1 is 1.22 bits per heavy atom. The molecule has 0 radical (unpaired) electrons. The Hall–Kier alpha value is -3.31. The van der Waals surface area contributed by atoms with Gasteiger partial charge in [0, 0.05) is 32.1 Å². The predicted molar refractivity (Wildman–Crippen MR) is 144 cm³/mol. The van der Waals surface area contributed by atoms with Crippen molar-refractivity contribution in [3.63, 3.8) is 0 Å². The first-order valence-corrected chi connectivity index (χ1v) is 13.4. The van der Waals surface area contributed by atoms with Gasteiger partial charge in [-0.05, 0) is 45.7 Å². The van der Waals surface area contributed by atoms with E-state index in [0.29, 0.717) is 66.5 Å². The quantitative estimate of drug-likeness (QED) is 0.387. The molecule has 10 nitrogen and oxygen atoms in total. The summed E-state index contributed by atoms with van der Waals surface area (Å²) in [6.07, 6.45) is 2.89. The van der Waals surface area contributed by atoms with E-state index in [1.54, 1.807) is 33.2 Å². The van der Waals surface area contributed by atoms with Crippen molar-refractivity contribution >= 4 is 56.1 Å². The minimum absolute atomic E-state index is 0.112. The average Bonchev–Trinajstić information content (AvgIpc) is 3.33. The number of halogens is 1. The van der Waals surface area contributed by atoms with Crippen LogP contribution in [0.25, 0.3) is 21.3 Å². The molecular formula is C25H28ClN7O3S. The predicted octanol–water partition coefficient (Wildman–Crippen LogP) is 4.68. The fourth-order valence-corrected chi connectivity index (χ4v) is 5.43. The number of hydrogen-bond acceptors (Lipinski definition) is 9. The number of ether oxygens (including phenoxy) is 1.